The second-order valence-corrected chi connectivity index (χ2v) is 6.97. The highest BCUT2D eigenvalue weighted by Crippen LogP contribution is 2.30. The number of pyridine rings is 1. The zero-order valence-electron chi connectivity index (χ0n) is 13.6. The van der Waals surface area contributed by atoms with Gasteiger partial charge in [0.1, 0.15) is 16.2 Å². The van der Waals surface area contributed by atoms with Crippen LogP contribution in [0.5, 0.6) is 11.5 Å². The van der Waals surface area contributed by atoms with Gasteiger partial charge in [0, 0.05) is 11.6 Å². The highest BCUT2D eigenvalue weighted by molar-refractivity contribution is 7.87. The summed E-state index contributed by atoms with van der Waals surface area (Å²) in [7, 11) is -2.43. The summed E-state index contributed by atoms with van der Waals surface area (Å²) in [5, 5.41) is 0.813. The van der Waals surface area contributed by atoms with E-state index in [4.69, 9.17) is 8.92 Å². The van der Waals surface area contributed by atoms with Gasteiger partial charge < -0.3 is 8.92 Å². The van der Waals surface area contributed by atoms with Crippen molar-refractivity contribution in [1.29, 1.82) is 0 Å². The fraction of sp³-hybridized carbons (Fsp3) is 0.167. The van der Waals surface area contributed by atoms with Crippen molar-refractivity contribution in [3.63, 3.8) is 0 Å². The summed E-state index contributed by atoms with van der Waals surface area (Å²) in [6, 6.07) is 12.1. The van der Waals surface area contributed by atoms with Crippen molar-refractivity contribution in [2.45, 2.75) is 18.7 Å². The lowest BCUT2D eigenvalue weighted by molar-refractivity contribution is 0.410. The maximum Gasteiger partial charge on any atom is 0.339 e. The van der Waals surface area contributed by atoms with Crippen LogP contribution < -0.4 is 8.92 Å². The van der Waals surface area contributed by atoms with Crippen LogP contribution in [0.1, 0.15) is 11.1 Å². The Morgan fingerprint density at radius 1 is 0.958 bits per heavy atom. The Bertz CT molecular complexity index is 1010. The van der Waals surface area contributed by atoms with Crippen molar-refractivity contribution >= 4 is 21.0 Å². The Balaban J connectivity index is 2.07. The van der Waals surface area contributed by atoms with E-state index in [-0.39, 0.29) is 10.6 Å². The van der Waals surface area contributed by atoms with Crippen LogP contribution in [0.3, 0.4) is 0 Å². The summed E-state index contributed by atoms with van der Waals surface area (Å²) in [5.41, 5.74) is 1.79. The maximum absolute atomic E-state index is 12.7. The van der Waals surface area contributed by atoms with Crippen molar-refractivity contribution < 1.29 is 17.3 Å². The molecule has 5 nitrogen and oxygen atoms in total. The van der Waals surface area contributed by atoms with E-state index in [9.17, 15) is 8.42 Å². The van der Waals surface area contributed by atoms with Crippen LogP contribution in [0.15, 0.2) is 53.6 Å². The molecule has 0 aliphatic rings. The number of aryl methyl sites for hydroxylation is 2. The Morgan fingerprint density at radius 2 is 1.71 bits per heavy atom. The molecular weight excluding hydrogens is 326 g/mol. The van der Waals surface area contributed by atoms with Gasteiger partial charge in [-0.05, 0) is 49.2 Å². The number of hydrogen-bond acceptors (Lipinski definition) is 5. The van der Waals surface area contributed by atoms with Gasteiger partial charge in [0.05, 0.1) is 7.11 Å². The summed E-state index contributed by atoms with van der Waals surface area (Å²) < 4.78 is 36.1. The number of hydrogen-bond donors (Lipinski definition) is 0. The van der Waals surface area contributed by atoms with E-state index in [1.807, 2.05) is 12.1 Å². The minimum Gasteiger partial charge on any atom is -0.496 e. The summed E-state index contributed by atoms with van der Waals surface area (Å²) in [6.45, 7) is 3.50. The smallest absolute Gasteiger partial charge is 0.339 e. The summed E-state index contributed by atoms with van der Waals surface area (Å²) in [5.74, 6) is 0.847. The van der Waals surface area contributed by atoms with Crippen LogP contribution in [-0.2, 0) is 10.1 Å². The first-order valence-corrected chi connectivity index (χ1v) is 8.76. The van der Waals surface area contributed by atoms with E-state index >= 15 is 0 Å². The first-order valence-electron chi connectivity index (χ1n) is 7.36. The average molecular weight is 343 g/mol. The predicted octanol–water partition coefficient (Wildman–Crippen LogP) is 3.63. The number of benzene rings is 2. The lowest BCUT2D eigenvalue weighted by Crippen LogP contribution is -2.12. The lowest BCUT2D eigenvalue weighted by Gasteiger charge is -2.13. The number of methoxy groups -OCH3 is 1. The third kappa shape index (κ3) is 2.92. The molecule has 1 aromatic heterocycles. The number of fused-ring (bicyclic) bond motifs is 1. The normalized spacial score (nSPS) is 11.5. The highest BCUT2D eigenvalue weighted by Gasteiger charge is 2.22. The molecule has 0 aliphatic heterocycles. The minimum absolute atomic E-state index is 0.119. The number of para-hydroxylation sites is 1. The average Bonchev–Trinajstić information content (AvgIpc) is 2.56. The largest absolute Gasteiger partial charge is 0.496 e. The van der Waals surface area contributed by atoms with Gasteiger partial charge >= 0.3 is 10.1 Å². The lowest BCUT2D eigenvalue weighted by atomic mass is 10.1. The van der Waals surface area contributed by atoms with Gasteiger partial charge in [0.15, 0.2) is 5.75 Å². The van der Waals surface area contributed by atoms with Crippen molar-refractivity contribution in [3.05, 3.63) is 59.8 Å². The monoisotopic (exact) mass is 343 g/mol. The van der Waals surface area contributed by atoms with Gasteiger partial charge in [-0.2, -0.15) is 8.42 Å². The Hall–Kier alpha value is -2.60. The maximum atomic E-state index is 12.7. The molecule has 3 aromatic rings. The SMILES string of the molecule is COc1cc(C)c(S(=O)(=O)Oc2cccc3cccnc23)cc1C. The molecule has 124 valence electrons. The molecule has 0 radical (unpaired) electrons. The van der Waals surface area contributed by atoms with Crippen LogP contribution in [0.4, 0.5) is 0 Å². The quantitative estimate of drug-likeness (QED) is 0.677. The zero-order chi connectivity index (χ0) is 17.3. The summed E-state index contributed by atoms with van der Waals surface area (Å²) >= 11 is 0. The van der Waals surface area contributed by atoms with Gasteiger partial charge in [-0.1, -0.05) is 18.2 Å². The molecule has 6 heteroatoms. The second-order valence-electron chi connectivity index (χ2n) is 5.46. The molecule has 3 rings (SSSR count). The van der Waals surface area contributed by atoms with Crippen LogP contribution in [0, 0.1) is 13.8 Å². The highest BCUT2D eigenvalue weighted by atomic mass is 32.2. The molecular formula is C18H17NO4S. The molecule has 0 unspecified atom stereocenters. The third-order valence-electron chi connectivity index (χ3n) is 3.76. The molecule has 0 bridgehead atoms. The van der Waals surface area contributed by atoms with Crippen LogP contribution in [0.2, 0.25) is 0 Å². The Kier molecular flexibility index (Phi) is 4.15. The first-order chi connectivity index (χ1) is 11.4. The van der Waals surface area contributed by atoms with Gasteiger partial charge in [-0.25, -0.2) is 0 Å². The van der Waals surface area contributed by atoms with Gasteiger partial charge in [0.2, 0.25) is 0 Å². The Labute approximate surface area is 141 Å². The molecule has 0 saturated carbocycles. The van der Waals surface area contributed by atoms with E-state index in [0.717, 1.165) is 10.9 Å². The molecule has 0 aliphatic carbocycles. The summed E-state index contributed by atoms with van der Waals surface area (Å²) in [6.07, 6.45) is 1.60. The molecule has 0 saturated heterocycles. The minimum atomic E-state index is -3.98. The number of ether oxygens (including phenoxy) is 1. The third-order valence-corrected chi connectivity index (χ3v) is 5.13. The standard InChI is InChI=1S/C18H17NO4S/c1-12-11-17(13(2)10-16(12)22-3)24(20,21)23-15-8-4-6-14-7-5-9-19-18(14)15/h4-11H,1-3H3. The van der Waals surface area contributed by atoms with Crippen molar-refractivity contribution in [2.75, 3.05) is 7.11 Å². The van der Waals surface area contributed by atoms with Crippen molar-refractivity contribution in [1.82, 2.24) is 4.98 Å². The van der Waals surface area contributed by atoms with Crippen LogP contribution in [-0.4, -0.2) is 20.5 Å². The van der Waals surface area contributed by atoms with Crippen molar-refractivity contribution in [3.8, 4) is 11.5 Å². The van der Waals surface area contributed by atoms with Crippen LogP contribution >= 0.6 is 0 Å². The van der Waals surface area contributed by atoms with E-state index in [2.05, 4.69) is 4.98 Å². The molecule has 0 atom stereocenters. The van der Waals surface area contributed by atoms with E-state index in [1.54, 1.807) is 57.5 Å². The fourth-order valence-corrected chi connectivity index (χ4v) is 3.79. The molecule has 24 heavy (non-hydrogen) atoms. The van der Waals surface area contributed by atoms with E-state index < -0.39 is 10.1 Å². The molecule has 0 N–H and O–H groups in total. The first kappa shape index (κ1) is 16.3. The topological polar surface area (TPSA) is 65.5 Å². The number of aromatic nitrogens is 1. The number of nitrogens with zero attached hydrogens (tertiary/aromatic N) is 1. The van der Waals surface area contributed by atoms with Crippen molar-refractivity contribution in [2.24, 2.45) is 0 Å². The molecule has 0 amide bonds. The van der Waals surface area contributed by atoms with E-state index in [1.165, 1.54) is 0 Å². The molecule has 0 spiro atoms. The van der Waals surface area contributed by atoms with Gasteiger partial charge in [-0.3, -0.25) is 4.98 Å². The summed E-state index contributed by atoms with van der Waals surface area (Å²) in [4.78, 5) is 4.34. The Morgan fingerprint density at radius 3 is 2.46 bits per heavy atom. The van der Waals surface area contributed by atoms with Gasteiger partial charge in [-0.15, -0.1) is 0 Å². The predicted molar refractivity (Wildman–Crippen MR) is 92.0 cm³/mol. The fourth-order valence-electron chi connectivity index (χ4n) is 2.56. The van der Waals surface area contributed by atoms with Gasteiger partial charge in [0.25, 0.3) is 0 Å². The second kappa shape index (κ2) is 6.13. The number of rotatable bonds is 4. The zero-order valence-corrected chi connectivity index (χ0v) is 14.4. The van der Waals surface area contributed by atoms with E-state index in [0.29, 0.717) is 16.8 Å². The molecule has 0 fully saturated rings. The molecule has 1 heterocycles. The van der Waals surface area contributed by atoms with Crippen LogP contribution in [0.25, 0.3) is 10.9 Å². The molecule has 2 aromatic carbocycles.